The minimum absolute atomic E-state index is 0.0520. The second-order valence-corrected chi connectivity index (χ2v) is 9.16. The molecule has 7 nitrogen and oxygen atoms in total. The first-order valence-corrected chi connectivity index (χ1v) is 12.6. The number of nitrogen functional groups attached to an aromatic ring is 1. The fourth-order valence-corrected chi connectivity index (χ4v) is 4.44. The van der Waals surface area contributed by atoms with Gasteiger partial charge in [0.15, 0.2) is 0 Å². The Balaban J connectivity index is 1.54. The molecular weight excluding hydrogens is 502 g/mol. The zero-order chi connectivity index (χ0) is 28.1. The van der Waals surface area contributed by atoms with Gasteiger partial charge in [-0.25, -0.2) is 4.79 Å². The van der Waals surface area contributed by atoms with Crippen LogP contribution >= 0.6 is 0 Å². The Bertz CT molecular complexity index is 1710. The predicted molar refractivity (Wildman–Crippen MR) is 157 cm³/mol. The van der Waals surface area contributed by atoms with Crippen molar-refractivity contribution in [1.29, 1.82) is 5.41 Å². The zero-order valence-electron chi connectivity index (χ0n) is 21.8. The van der Waals surface area contributed by atoms with Gasteiger partial charge in [-0.05, 0) is 82.1 Å². The van der Waals surface area contributed by atoms with Gasteiger partial charge in [-0.3, -0.25) is 10.2 Å². The molecule has 0 aliphatic heterocycles. The minimum atomic E-state index is -0.501. The highest BCUT2D eigenvalue weighted by atomic mass is 16.5. The smallest absolute Gasteiger partial charge is 0.339 e. The first-order valence-electron chi connectivity index (χ1n) is 12.6. The lowest BCUT2D eigenvalue weighted by Crippen LogP contribution is -2.15. The van der Waals surface area contributed by atoms with E-state index in [2.05, 4.69) is 5.32 Å². The summed E-state index contributed by atoms with van der Waals surface area (Å²) < 4.78 is 11.1. The fraction of sp³-hybridized carbons (Fsp3) is 0.0606. The van der Waals surface area contributed by atoms with Crippen LogP contribution in [-0.4, -0.2) is 24.8 Å². The largest absolute Gasteiger partial charge is 0.497 e. The lowest BCUT2D eigenvalue weighted by Gasteiger charge is -2.16. The monoisotopic (exact) mass is 529 g/mol. The van der Waals surface area contributed by atoms with E-state index in [1.165, 1.54) is 0 Å². The minimum Gasteiger partial charge on any atom is -0.497 e. The van der Waals surface area contributed by atoms with E-state index in [0.29, 0.717) is 39.3 Å². The van der Waals surface area contributed by atoms with Crippen LogP contribution in [0.25, 0.3) is 21.9 Å². The summed E-state index contributed by atoms with van der Waals surface area (Å²) in [5.74, 6) is -0.230. The average molecular weight is 530 g/mol. The lowest BCUT2D eigenvalue weighted by molar-refractivity contribution is 0.0473. The second-order valence-electron chi connectivity index (χ2n) is 9.16. The van der Waals surface area contributed by atoms with Gasteiger partial charge in [0.25, 0.3) is 5.91 Å². The highest BCUT2D eigenvalue weighted by molar-refractivity contribution is 6.12. The molecule has 0 saturated carbocycles. The number of fused-ring (bicyclic) bond motifs is 1. The molecule has 198 valence electrons. The summed E-state index contributed by atoms with van der Waals surface area (Å²) in [6.07, 6.45) is 0. The third-order valence-electron chi connectivity index (χ3n) is 6.53. The number of carbonyl (C=O) groups is 2. The molecule has 0 radical (unpaired) electrons. The van der Waals surface area contributed by atoms with Crippen molar-refractivity contribution in [3.05, 3.63) is 131 Å². The normalized spacial score (nSPS) is 10.6. The van der Waals surface area contributed by atoms with Crippen LogP contribution in [0.3, 0.4) is 0 Å². The summed E-state index contributed by atoms with van der Waals surface area (Å²) in [5.41, 5.74) is 9.42. The number of hydrogen-bond acceptors (Lipinski definition) is 5. The average Bonchev–Trinajstić information content (AvgIpc) is 2.99. The second kappa shape index (κ2) is 11.5. The van der Waals surface area contributed by atoms with Gasteiger partial charge in [-0.1, -0.05) is 54.6 Å². The third kappa shape index (κ3) is 5.68. The fourth-order valence-electron chi connectivity index (χ4n) is 4.44. The highest BCUT2D eigenvalue weighted by Gasteiger charge is 2.21. The topological polar surface area (TPSA) is 115 Å². The highest BCUT2D eigenvalue weighted by Crippen LogP contribution is 2.34. The summed E-state index contributed by atoms with van der Waals surface area (Å²) in [4.78, 5) is 26.9. The molecule has 5 aromatic carbocycles. The van der Waals surface area contributed by atoms with Gasteiger partial charge in [0.1, 0.15) is 18.2 Å². The van der Waals surface area contributed by atoms with Crippen LogP contribution in [-0.2, 0) is 11.3 Å². The molecule has 0 atom stereocenters. The molecule has 0 saturated heterocycles. The number of anilines is 1. The Hall–Kier alpha value is -5.43. The lowest BCUT2D eigenvalue weighted by atomic mass is 9.92. The van der Waals surface area contributed by atoms with Crippen LogP contribution in [0.15, 0.2) is 109 Å². The zero-order valence-corrected chi connectivity index (χ0v) is 21.8. The number of amides is 1. The van der Waals surface area contributed by atoms with Gasteiger partial charge in [-0.2, -0.15) is 0 Å². The maximum Gasteiger partial charge on any atom is 0.339 e. The Labute approximate surface area is 231 Å². The number of nitrogens with one attached hydrogen (secondary N) is 2. The van der Waals surface area contributed by atoms with Crippen molar-refractivity contribution in [2.24, 2.45) is 5.73 Å². The first kappa shape index (κ1) is 26.2. The predicted octanol–water partition coefficient (Wildman–Crippen LogP) is 6.41. The number of nitrogens with two attached hydrogens (primary N) is 1. The Morgan fingerprint density at radius 2 is 1.50 bits per heavy atom. The molecule has 40 heavy (non-hydrogen) atoms. The third-order valence-corrected chi connectivity index (χ3v) is 6.53. The number of esters is 1. The van der Waals surface area contributed by atoms with Crippen LogP contribution in [0.1, 0.15) is 31.8 Å². The number of hydrogen-bond donors (Lipinski definition) is 3. The number of rotatable bonds is 8. The SMILES string of the molecule is COc1ccc2cc(-c3ccccc3C(=O)Nc3ccc(C(=N)N)cc3)c(C(=O)OCc3ccccc3)cc2c1. The summed E-state index contributed by atoms with van der Waals surface area (Å²) in [7, 11) is 1.59. The molecule has 0 unspecified atom stereocenters. The molecule has 0 fully saturated rings. The molecule has 1 amide bonds. The van der Waals surface area contributed by atoms with E-state index < -0.39 is 5.97 Å². The van der Waals surface area contributed by atoms with Crippen molar-refractivity contribution in [1.82, 2.24) is 0 Å². The van der Waals surface area contributed by atoms with E-state index in [1.54, 1.807) is 49.6 Å². The molecule has 0 aliphatic carbocycles. The molecule has 7 heteroatoms. The summed E-state index contributed by atoms with van der Waals surface area (Å²) >= 11 is 0. The molecule has 0 aliphatic rings. The quantitative estimate of drug-likeness (QED) is 0.122. The van der Waals surface area contributed by atoms with Crippen molar-refractivity contribution < 1.29 is 19.1 Å². The van der Waals surface area contributed by atoms with E-state index in [1.807, 2.05) is 66.7 Å². The number of methoxy groups -OCH3 is 1. The van der Waals surface area contributed by atoms with E-state index >= 15 is 0 Å². The van der Waals surface area contributed by atoms with E-state index in [0.717, 1.165) is 16.3 Å². The number of ether oxygens (including phenoxy) is 2. The molecule has 0 spiro atoms. The molecule has 5 aromatic rings. The molecule has 0 aromatic heterocycles. The van der Waals surface area contributed by atoms with Gasteiger partial charge in [0, 0.05) is 16.8 Å². The Morgan fingerprint density at radius 1 is 0.775 bits per heavy atom. The van der Waals surface area contributed by atoms with Gasteiger partial charge in [0.2, 0.25) is 0 Å². The van der Waals surface area contributed by atoms with Crippen LogP contribution in [0.4, 0.5) is 5.69 Å². The number of benzene rings is 5. The van der Waals surface area contributed by atoms with Crippen LogP contribution in [0.5, 0.6) is 5.75 Å². The summed E-state index contributed by atoms with van der Waals surface area (Å²) in [6.45, 7) is 0.119. The van der Waals surface area contributed by atoms with Gasteiger partial charge >= 0.3 is 5.97 Å². The summed E-state index contributed by atoms with van der Waals surface area (Å²) in [5, 5.41) is 12.2. The van der Waals surface area contributed by atoms with Crippen LogP contribution in [0.2, 0.25) is 0 Å². The van der Waals surface area contributed by atoms with Crippen molar-refractivity contribution in [2.45, 2.75) is 6.61 Å². The molecule has 0 heterocycles. The van der Waals surface area contributed by atoms with Crippen molar-refractivity contribution >= 4 is 34.2 Å². The molecule has 0 bridgehead atoms. The maximum atomic E-state index is 13.5. The summed E-state index contributed by atoms with van der Waals surface area (Å²) in [6, 6.07) is 32.6. The van der Waals surface area contributed by atoms with Gasteiger partial charge < -0.3 is 20.5 Å². The first-order chi connectivity index (χ1) is 19.4. The van der Waals surface area contributed by atoms with Crippen molar-refractivity contribution in [3.63, 3.8) is 0 Å². The Morgan fingerprint density at radius 3 is 2.23 bits per heavy atom. The van der Waals surface area contributed by atoms with Crippen LogP contribution < -0.4 is 15.8 Å². The van der Waals surface area contributed by atoms with Crippen molar-refractivity contribution in [3.8, 4) is 16.9 Å². The molecular formula is C33H27N3O4. The van der Waals surface area contributed by atoms with Gasteiger partial charge in [0.05, 0.1) is 12.7 Å². The number of amidine groups is 1. The maximum absolute atomic E-state index is 13.5. The molecule has 4 N–H and O–H groups in total. The van der Waals surface area contributed by atoms with Crippen LogP contribution in [0, 0.1) is 5.41 Å². The Kier molecular flexibility index (Phi) is 7.55. The number of carbonyl (C=O) groups excluding carboxylic acids is 2. The van der Waals surface area contributed by atoms with Crippen molar-refractivity contribution in [2.75, 3.05) is 12.4 Å². The van der Waals surface area contributed by atoms with E-state index in [4.69, 9.17) is 20.6 Å². The van der Waals surface area contributed by atoms with E-state index in [-0.39, 0.29) is 18.3 Å². The van der Waals surface area contributed by atoms with E-state index in [9.17, 15) is 9.59 Å². The standard InChI is InChI=1S/C33H27N3O4/c1-39-26-16-13-23-18-29(30(19-24(23)17-26)33(38)40-20-21-7-3-2-4-8-21)27-9-5-6-10-28(27)32(37)36-25-14-11-22(12-15-25)31(34)35/h2-19H,20H2,1H3,(H3,34,35)(H,36,37). The molecule has 5 rings (SSSR count). The van der Waals surface area contributed by atoms with Gasteiger partial charge in [-0.15, -0.1) is 0 Å².